The van der Waals surface area contributed by atoms with Crippen LogP contribution >= 0.6 is 0 Å². The average Bonchev–Trinajstić information content (AvgIpc) is 2.24. The van der Waals surface area contributed by atoms with Gasteiger partial charge in [-0.1, -0.05) is 47.6 Å². The first-order valence-corrected chi connectivity index (χ1v) is 7.59. The summed E-state index contributed by atoms with van der Waals surface area (Å²) in [6, 6.07) is 6.55. The number of Topliss-reactive ketones (excluding diaryl/α,β-unsaturated/α-hetero) is 1. The molecule has 21 heavy (non-hydrogen) atoms. The topological polar surface area (TPSA) is 29.4 Å². The molecule has 0 spiro atoms. The van der Waals surface area contributed by atoms with Crippen LogP contribution in [0.4, 0.5) is 5.69 Å². The van der Waals surface area contributed by atoms with Crippen LogP contribution in [0.15, 0.2) is 23.2 Å². The average molecular weight is 287 g/mol. The molecule has 0 fully saturated rings. The maximum absolute atomic E-state index is 11.2. The number of hydrogen-bond acceptors (Lipinski definition) is 2. The molecule has 0 aliphatic carbocycles. The van der Waals surface area contributed by atoms with Gasteiger partial charge in [-0.05, 0) is 47.9 Å². The van der Waals surface area contributed by atoms with Crippen molar-refractivity contribution in [2.45, 2.75) is 72.6 Å². The van der Waals surface area contributed by atoms with Crippen molar-refractivity contribution in [3.8, 4) is 0 Å². The fourth-order valence-electron chi connectivity index (χ4n) is 2.16. The van der Waals surface area contributed by atoms with Gasteiger partial charge in [0, 0.05) is 12.1 Å². The zero-order valence-corrected chi connectivity index (χ0v) is 14.8. The second kappa shape index (κ2) is 6.13. The summed E-state index contributed by atoms with van der Waals surface area (Å²) >= 11 is 0. The first-order valence-electron chi connectivity index (χ1n) is 7.59. The van der Waals surface area contributed by atoms with Crippen LogP contribution in [0.25, 0.3) is 0 Å². The first kappa shape index (κ1) is 17.6. The van der Waals surface area contributed by atoms with Gasteiger partial charge in [0.25, 0.3) is 0 Å². The van der Waals surface area contributed by atoms with Gasteiger partial charge in [0.1, 0.15) is 5.78 Å². The molecule has 1 aromatic carbocycles. The minimum Gasteiger partial charge on any atom is -0.300 e. The number of benzene rings is 1. The molecule has 0 bridgehead atoms. The van der Waals surface area contributed by atoms with E-state index < -0.39 is 0 Å². The molecule has 0 atom stereocenters. The van der Waals surface area contributed by atoms with E-state index in [4.69, 9.17) is 0 Å². The zero-order valence-electron chi connectivity index (χ0n) is 14.8. The van der Waals surface area contributed by atoms with Gasteiger partial charge in [-0.2, -0.15) is 0 Å². The number of carbonyl (C=O) groups excluding carboxylic acids is 1. The molecule has 0 aliphatic heterocycles. The van der Waals surface area contributed by atoms with Crippen molar-refractivity contribution in [2.75, 3.05) is 0 Å². The summed E-state index contributed by atoms with van der Waals surface area (Å²) < 4.78 is 0. The van der Waals surface area contributed by atoms with Crippen molar-refractivity contribution in [3.05, 3.63) is 29.3 Å². The van der Waals surface area contributed by atoms with Crippen molar-refractivity contribution in [1.82, 2.24) is 0 Å². The molecule has 2 nitrogen and oxygen atoms in total. The van der Waals surface area contributed by atoms with Crippen molar-refractivity contribution < 1.29 is 4.79 Å². The quantitative estimate of drug-likeness (QED) is 0.689. The number of nitrogens with zero attached hydrogens (tertiary/aromatic N) is 1. The van der Waals surface area contributed by atoms with Crippen LogP contribution in [-0.4, -0.2) is 11.5 Å². The highest BCUT2D eigenvalue weighted by atomic mass is 16.1. The number of carbonyl (C=O) groups is 1. The highest BCUT2D eigenvalue weighted by Gasteiger charge is 2.20. The van der Waals surface area contributed by atoms with Gasteiger partial charge >= 0.3 is 0 Å². The van der Waals surface area contributed by atoms with E-state index >= 15 is 0 Å². The molecule has 2 heteroatoms. The van der Waals surface area contributed by atoms with Gasteiger partial charge in [-0.15, -0.1) is 0 Å². The monoisotopic (exact) mass is 287 g/mol. The Kier molecular flexibility index (Phi) is 5.14. The minimum absolute atomic E-state index is 0.0833. The molecule has 0 unspecified atom stereocenters. The van der Waals surface area contributed by atoms with E-state index in [1.54, 1.807) is 6.92 Å². The molecular weight excluding hydrogens is 258 g/mol. The Hall–Kier alpha value is -1.44. The molecule has 0 radical (unpaired) electrons. The van der Waals surface area contributed by atoms with Crippen molar-refractivity contribution in [2.24, 2.45) is 4.99 Å². The lowest BCUT2D eigenvalue weighted by molar-refractivity contribution is -0.115. The summed E-state index contributed by atoms with van der Waals surface area (Å²) in [5.74, 6) is 0.152. The predicted molar refractivity (Wildman–Crippen MR) is 91.9 cm³/mol. The smallest absolute Gasteiger partial charge is 0.135 e. The second-order valence-electron chi connectivity index (χ2n) is 7.99. The summed E-state index contributed by atoms with van der Waals surface area (Å²) in [6.45, 7) is 16.8. The van der Waals surface area contributed by atoms with E-state index in [9.17, 15) is 4.79 Å². The summed E-state index contributed by atoms with van der Waals surface area (Å²) in [5.41, 5.74) is 4.55. The largest absolute Gasteiger partial charge is 0.300 e. The van der Waals surface area contributed by atoms with Crippen molar-refractivity contribution in [1.29, 1.82) is 0 Å². The van der Waals surface area contributed by atoms with E-state index in [0.29, 0.717) is 6.42 Å². The Labute approximate surface area is 129 Å². The van der Waals surface area contributed by atoms with Gasteiger partial charge in [-0.25, -0.2) is 0 Å². The zero-order chi connectivity index (χ0) is 16.4. The van der Waals surface area contributed by atoms with E-state index in [0.717, 1.165) is 11.4 Å². The van der Waals surface area contributed by atoms with E-state index in [1.807, 2.05) is 6.92 Å². The second-order valence-corrected chi connectivity index (χ2v) is 7.99. The molecule has 1 rings (SSSR count). The molecule has 0 aromatic heterocycles. The van der Waals surface area contributed by atoms with Crippen LogP contribution in [0.1, 0.15) is 72.9 Å². The molecule has 0 aliphatic rings. The van der Waals surface area contributed by atoms with Crippen LogP contribution in [0.3, 0.4) is 0 Å². The molecular formula is C19H29NO. The van der Waals surface area contributed by atoms with Gasteiger partial charge in [0.05, 0.1) is 5.69 Å². The van der Waals surface area contributed by atoms with Crippen LogP contribution in [0, 0.1) is 0 Å². The molecule has 116 valence electrons. The van der Waals surface area contributed by atoms with Gasteiger partial charge in [0.15, 0.2) is 0 Å². The molecule has 0 saturated heterocycles. The van der Waals surface area contributed by atoms with Crippen LogP contribution in [-0.2, 0) is 15.6 Å². The van der Waals surface area contributed by atoms with Gasteiger partial charge in [0.2, 0.25) is 0 Å². The van der Waals surface area contributed by atoms with Gasteiger partial charge < -0.3 is 0 Å². The van der Waals surface area contributed by atoms with E-state index in [1.165, 1.54) is 11.1 Å². The molecule has 1 aromatic rings. The lowest BCUT2D eigenvalue weighted by Crippen LogP contribution is -2.16. The third-order valence-electron chi connectivity index (χ3n) is 3.47. The SMILES string of the molecule is CC(=O)CC(C)=Nc1cc(C(C)(C)C)cc(C(C)(C)C)c1. The van der Waals surface area contributed by atoms with E-state index in [2.05, 4.69) is 64.7 Å². The van der Waals surface area contributed by atoms with Crippen LogP contribution in [0.5, 0.6) is 0 Å². The lowest BCUT2D eigenvalue weighted by Gasteiger charge is -2.25. The molecule has 0 heterocycles. The fourth-order valence-corrected chi connectivity index (χ4v) is 2.16. The Morgan fingerprint density at radius 3 is 1.67 bits per heavy atom. The third-order valence-corrected chi connectivity index (χ3v) is 3.47. The first-order chi connectivity index (χ1) is 9.39. The predicted octanol–water partition coefficient (Wildman–Crippen LogP) is 5.35. The van der Waals surface area contributed by atoms with Crippen LogP contribution in [0.2, 0.25) is 0 Å². The number of ketones is 1. The minimum atomic E-state index is 0.0833. The molecule has 0 saturated carbocycles. The number of rotatable bonds is 3. The Balaban J connectivity index is 3.36. The summed E-state index contributed by atoms with van der Waals surface area (Å²) in [5, 5.41) is 0. The van der Waals surface area contributed by atoms with Gasteiger partial charge in [-0.3, -0.25) is 9.79 Å². The molecule has 0 amide bonds. The highest BCUT2D eigenvalue weighted by Crippen LogP contribution is 2.33. The number of aliphatic imine (C=N–C) groups is 1. The Bertz CT molecular complexity index is 522. The standard InChI is InChI=1S/C19H29NO/c1-13(9-14(2)21)20-17-11-15(18(3,4)5)10-16(12-17)19(6,7)8/h10-12H,9H2,1-8H3. The molecule has 0 N–H and O–H groups in total. The van der Waals surface area contributed by atoms with Crippen molar-refractivity contribution in [3.63, 3.8) is 0 Å². The Morgan fingerprint density at radius 2 is 1.33 bits per heavy atom. The summed E-state index contributed by atoms with van der Waals surface area (Å²) in [7, 11) is 0. The summed E-state index contributed by atoms with van der Waals surface area (Å²) in [6.07, 6.45) is 0.421. The fraction of sp³-hybridized carbons (Fsp3) is 0.579. The highest BCUT2D eigenvalue weighted by molar-refractivity contribution is 6.00. The summed E-state index contributed by atoms with van der Waals surface area (Å²) in [4.78, 5) is 15.9. The third kappa shape index (κ3) is 5.45. The van der Waals surface area contributed by atoms with E-state index in [-0.39, 0.29) is 16.6 Å². The normalized spacial score (nSPS) is 13.4. The lowest BCUT2D eigenvalue weighted by atomic mass is 9.80. The number of hydrogen-bond donors (Lipinski definition) is 0. The maximum atomic E-state index is 11.2. The van der Waals surface area contributed by atoms with Crippen molar-refractivity contribution >= 4 is 17.2 Å². The maximum Gasteiger partial charge on any atom is 0.135 e. The Morgan fingerprint density at radius 1 is 0.905 bits per heavy atom. The van der Waals surface area contributed by atoms with Crippen LogP contribution < -0.4 is 0 Å².